The van der Waals surface area contributed by atoms with Crippen LogP contribution in [0.25, 0.3) is 10.1 Å². The second-order valence-electron chi connectivity index (χ2n) is 6.61. The summed E-state index contributed by atoms with van der Waals surface area (Å²) in [6.45, 7) is 1.61. The molecule has 2 aromatic rings. The van der Waals surface area contributed by atoms with Crippen molar-refractivity contribution < 1.29 is 19.1 Å². The predicted octanol–water partition coefficient (Wildman–Crippen LogP) is 3.46. The van der Waals surface area contributed by atoms with Gasteiger partial charge in [0.1, 0.15) is 4.88 Å². The molecule has 0 radical (unpaired) electrons. The Bertz CT molecular complexity index is 784. The molecule has 138 valence electrons. The number of ether oxygens (including phenoxy) is 1. The van der Waals surface area contributed by atoms with Crippen LogP contribution in [0, 0.1) is 5.92 Å². The van der Waals surface area contributed by atoms with E-state index in [9.17, 15) is 14.4 Å². The van der Waals surface area contributed by atoms with Crippen LogP contribution >= 0.6 is 11.3 Å². The number of carbonyl (C=O) groups excluding carboxylic acids is 3. The zero-order valence-electron chi connectivity index (χ0n) is 14.6. The van der Waals surface area contributed by atoms with Crippen LogP contribution in [0.1, 0.15) is 42.3 Å². The number of amides is 3. The highest BCUT2D eigenvalue weighted by Gasteiger charge is 2.23. The lowest BCUT2D eigenvalue weighted by molar-refractivity contribution is -0.123. The predicted molar refractivity (Wildman–Crippen MR) is 100 cm³/mol. The minimum atomic E-state index is -0.638. The molecule has 2 atom stereocenters. The molecule has 3 rings (SSSR count). The molecule has 0 aliphatic heterocycles. The van der Waals surface area contributed by atoms with Gasteiger partial charge >= 0.3 is 12.0 Å². The molecule has 1 fully saturated rings. The van der Waals surface area contributed by atoms with Crippen molar-refractivity contribution in [2.24, 2.45) is 5.92 Å². The maximum absolute atomic E-state index is 12.1. The number of nitrogens with one attached hydrogen (secondary N) is 2. The fraction of sp³-hybridized carbons (Fsp3) is 0.421. The van der Waals surface area contributed by atoms with E-state index in [0.29, 0.717) is 10.8 Å². The number of thiophene rings is 1. The van der Waals surface area contributed by atoms with Gasteiger partial charge in [-0.15, -0.1) is 11.3 Å². The van der Waals surface area contributed by atoms with Gasteiger partial charge in [-0.05, 0) is 36.3 Å². The Morgan fingerprint density at radius 1 is 1.19 bits per heavy atom. The van der Waals surface area contributed by atoms with Crippen molar-refractivity contribution in [3.8, 4) is 0 Å². The molecule has 26 heavy (non-hydrogen) atoms. The molecule has 1 heterocycles. The Morgan fingerprint density at radius 3 is 2.73 bits per heavy atom. The van der Waals surface area contributed by atoms with Crippen molar-refractivity contribution in [3.05, 3.63) is 35.2 Å². The van der Waals surface area contributed by atoms with E-state index in [-0.39, 0.29) is 6.04 Å². The quantitative estimate of drug-likeness (QED) is 0.803. The van der Waals surface area contributed by atoms with Gasteiger partial charge in [-0.25, -0.2) is 9.59 Å². The molecular formula is C19H22N2O4S. The number of fused-ring (bicyclic) bond motifs is 1. The molecule has 0 saturated heterocycles. The van der Waals surface area contributed by atoms with E-state index in [4.69, 9.17) is 4.74 Å². The monoisotopic (exact) mass is 374 g/mol. The standard InChI is InChI=1S/C19H22N2O4S/c1-12-6-2-4-8-14(12)20-19(24)21-17(22)11-25-18(23)16-10-13-7-3-5-9-15(13)26-16/h3,5,7,9-10,12,14H,2,4,6,8,11H2,1H3,(H2,20,21,22,24). The van der Waals surface area contributed by atoms with Gasteiger partial charge < -0.3 is 10.1 Å². The summed E-state index contributed by atoms with van der Waals surface area (Å²) >= 11 is 1.31. The molecule has 1 aromatic carbocycles. The van der Waals surface area contributed by atoms with E-state index < -0.39 is 24.5 Å². The van der Waals surface area contributed by atoms with Gasteiger partial charge in [0.05, 0.1) is 0 Å². The zero-order valence-corrected chi connectivity index (χ0v) is 15.4. The minimum absolute atomic E-state index is 0.0812. The molecule has 1 aliphatic rings. The van der Waals surface area contributed by atoms with Crippen LogP contribution in [0.3, 0.4) is 0 Å². The number of urea groups is 1. The molecule has 0 spiro atoms. The Morgan fingerprint density at radius 2 is 1.96 bits per heavy atom. The highest BCUT2D eigenvalue weighted by molar-refractivity contribution is 7.20. The zero-order chi connectivity index (χ0) is 18.5. The molecule has 1 aliphatic carbocycles. The maximum atomic E-state index is 12.1. The van der Waals surface area contributed by atoms with Crippen molar-refractivity contribution in [1.82, 2.24) is 10.6 Å². The Kier molecular flexibility index (Phi) is 5.88. The number of benzene rings is 1. The number of hydrogen-bond donors (Lipinski definition) is 2. The number of carbonyl (C=O) groups is 3. The lowest BCUT2D eigenvalue weighted by Gasteiger charge is -2.29. The second kappa shape index (κ2) is 8.31. The summed E-state index contributed by atoms with van der Waals surface area (Å²) in [6.07, 6.45) is 4.25. The maximum Gasteiger partial charge on any atom is 0.348 e. The van der Waals surface area contributed by atoms with Crippen LogP contribution in [0.2, 0.25) is 0 Å². The number of rotatable bonds is 4. The largest absolute Gasteiger partial charge is 0.451 e. The number of hydrogen-bond acceptors (Lipinski definition) is 5. The van der Waals surface area contributed by atoms with Crippen LogP contribution in [0.4, 0.5) is 4.79 Å². The molecule has 0 bridgehead atoms. The molecule has 7 heteroatoms. The van der Waals surface area contributed by atoms with E-state index in [0.717, 1.165) is 29.3 Å². The van der Waals surface area contributed by atoms with Gasteiger partial charge in [0, 0.05) is 10.7 Å². The van der Waals surface area contributed by atoms with E-state index in [1.807, 2.05) is 24.3 Å². The van der Waals surface area contributed by atoms with Crippen LogP contribution < -0.4 is 10.6 Å². The summed E-state index contributed by atoms with van der Waals surface area (Å²) in [7, 11) is 0. The van der Waals surface area contributed by atoms with E-state index in [1.54, 1.807) is 6.07 Å². The third-order valence-electron chi connectivity index (χ3n) is 4.64. The molecule has 3 amide bonds. The lowest BCUT2D eigenvalue weighted by Crippen LogP contribution is -2.48. The average molecular weight is 374 g/mol. The first-order valence-corrected chi connectivity index (χ1v) is 9.60. The Labute approximate surface area is 155 Å². The van der Waals surface area contributed by atoms with Crippen molar-refractivity contribution in [2.45, 2.75) is 38.6 Å². The third-order valence-corrected chi connectivity index (χ3v) is 5.74. The summed E-state index contributed by atoms with van der Waals surface area (Å²) < 4.78 is 5.99. The summed E-state index contributed by atoms with van der Waals surface area (Å²) in [4.78, 5) is 36.3. The first kappa shape index (κ1) is 18.4. The Hall–Kier alpha value is -2.41. The van der Waals surface area contributed by atoms with Gasteiger partial charge in [0.25, 0.3) is 5.91 Å². The Balaban J connectivity index is 1.45. The smallest absolute Gasteiger partial charge is 0.348 e. The summed E-state index contributed by atoms with van der Waals surface area (Å²) in [6, 6.07) is 8.89. The third kappa shape index (κ3) is 4.60. The summed E-state index contributed by atoms with van der Waals surface area (Å²) in [5.41, 5.74) is 0. The van der Waals surface area contributed by atoms with Gasteiger partial charge in [-0.1, -0.05) is 38.0 Å². The normalized spacial score (nSPS) is 19.7. The number of imide groups is 1. The lowest BCUT2D eigenvalue weighted by atomic mass is 9.86. The highest BCUT2D eigenvalue weighted by atomic mass is 32.1. The van der Waals surface area contributed by atoms with E-state index in [2.05, 4.69) is 17.6 Å². The molecular weight excluding hydrogens is 352 g/mol. The fourth-order valence-electron chi connectivity index (χ4n) is 3.18. The first-order valence-electron chi connectivity index (χ1n) is 8.79. The molecule has 2 N–H and O–H groups in total. The van der Waals surface area contributed by atoms with E-state index in [1.165, 1.54) is 17.8 Å². The van der Waals surface area contributed by atoms with Crippen LogP contribution in [-0.2, 0) is 9.53 Å². The number of esters is 1. The first-order chi connectivity index (χ1) is 12.5. The second-order valence-corrected chi connectivity index (χ2v) is 7.70. The van der Waals surface area contributed by atoms with Gasteiger partial charge in [0.15, 0.2) is 6.61 Å². The topological polar surface area (TPSA) is 84.5 Å². The molecule has 1 saturated carbocycles. The van der Waals surface area contributed by atoms with Crippen LogP contribution in [0.5, 0.6) is 0 Å². The van der Waals surface area contributed by atoms with Crippen LogP contribution in [-0.4, -0.2) is 30.6 Å². The van der Waals surface area contributed by atoms with Crippen molar-refractivity contribution in [3.63, 3.8) is 0 Å². The molecule has 6 nitrogen and oxygen atoms in total. The molecule has 1 aromatic heterocycles. The SMILES string of the molecule is CC1CCCCC1NC(=O)NC(=O)COC(=O)c1cc2ccccc2s1. The van der Waals surface area contributed by atoms with E-state index >= 15 is 0 Å². The van der Waals surface area contributed by atoms with Crippen molar-refractivity contribution in [2.75, 3.05) is 6.61 Å². The average Bonchev–Trinajstić information content (AvgIpc) is 3.06. The van der Waals surface area contributed by atoms with Gasteiger partial charge in [0.2, 0.25) is 0 Å². The fourth-order valence-corrected chi connectivity index (χ4v) is 4.14. The van der Waals surface area contributed by atoms with Crippen molar-refractivity contribution in [1.29, 1.82) is 0 Å². The summed E-state index contributed by atoms with van der Waals surface area (Å²) in [5, 5.41) is 6.00. The van der Waals surface area contributed by atoms with Crippen LogP contribution in [0.15, 0.2) is 30.3 Å². The molecule has 2 unspecified atom stereocenters. The van der Waals surface area contributed by atoms with Gasteiger partial charge in [-0.2, -0.15) is 0 Å². The van der Waals surface area contributed by atoms with Crippen molar-refractivity contribution >= 4 is 39.3 Å². The highest BCUT2D eigenvalue weighted by Crippen LogP contribution is 2.26. The van der Waals surface area contributed by atoms with Gasteiger partial charge in [-0.3, -0.25) is 10.1 Å². The minimum Gasteiger partial charge on any atom is -0.451 e. The summed E-state index contributed by atoms with van der Waals surface area (Å²) in [5.74, 6) is -0.807.